The lowest BCUT2D eigenvalue weighted by Gasteiger charge is -2.17. The third kappa shape index (κ3) is 5.47. The molecule has 3 aromatic carbocycles. The van der Waals surface area contributed by atoms with Crippen LogP contribution in [0.1, 0.15) is 32.7 Å². The molecule has 0 unspecified atom stereocenters. The monoisotopic (exact) mass is 505 g/mol. The number of hydrogen-bond donors (Lipinski definition) is 0. The molecule has 10 heteroatoms. The number of nitro benzene ring substituents is 1. The van der Waals surface area contributed by atoms with E-state index in [0.29, 0.717) is 5.02 Å². The van der Waals surface area contributed by atoms with Crippen molar-refractivity contribution >= 4 is 50.3 Å². The summed E-state index contributed by atoms with van der Waals surface area (Å²) >= 11 is 12.0. The Morgan fingerprint density at radius 1 is 0.970 bits per heavy atom. The average molecular weight is 506 g/mol. The highest BCUT2D eigenvalue weighted by atomic mass is 35.5. The van der Waals surface area contributed by atoms with Crippen LogP contribution < -0.4 is 0 Å². The normalized spacial score (nSPS) is 12.2. The molecule has 0 aromatic heterocycles. The van der Waals surface area contributed by atoms with Crippen molar-refractivity contribution in [3.05, 3.63) is 104 Å². The molecule has 0 radical (unpaired) electrons. The third-order valence-corrected chi connectivity index (χ3v) is 7.59. The molecular formula is C23H17Cl2NO6S. The highest BCUT2D eigenvalue weighted by Crippen LogP contribution is 2.28. The molecule has 7 nitrogen and oxygen atoms in total. The van der Waals surface area contributed by atoms with Gasteiger partial charge in [-0.2, -0.15) is 0 Å². The first-order valence-corrected chi connectivity index (χ1v) is 11.9. The van der Waals surface area contributed by atoms with E-state index in [4.69, 9.17) is 23.2 Å². The highest BCUT2D eigenvalue weighted by molar-refractivity contribution is 7.92. The molecule has 0 saturated heterocycles. The average Bonchev–Trinajstić information content (AvgIpc) is 2.77. The molecule has 3 rings (SSSR count). The molecule has 0 fully saturated rings. The van der Waals surface area contributed by atoms with Gasteiger partial charge in [0, 0.05) is 34.7 Å². The maximum atomic E-state index is 13.4. The van der Waals surface area contributed by atoms with Crippen LogP contribution in [0.2, 0.25) is 10.0 Å². The lowest BCUT2D eigenvalue weighted by Crippen LogP contribution is -2.33. The van der Waals surface area contributed by atoms with Gasteiger partial charge in [-0.05, 0) is 49.4 Å². The number of halogens is 2. The lowest BCUT2D eigenvalue weighted by molar-refractivity contribution is -0.384. The van der Waals surface area contributed by atoms with E-state index in [1.807, 2.05) is 0 Å². The Hall–Kier alpha value is -3.07. The zero-order valence-electron chi connectivity index (χ0n) is 17.2. The number of sulfone groups is 1. The predicted molar refractivity (Wildman–Crippen MR) is 125 cm³/mol. The summed E-state index contributed by atoms with van der Waals surface area (Å²) in [4.78, 5) is 36.4. The van der Waals surface area contributed by atoms with E-state index in [1.54, 1.807) is 19.1 Å². The van der Waals surface area contributed by atoms with Gasteiger partial charge in [-0.1, -0.05) is 40.9 Å². The number of nitro groups is 1. The van der Waals surface area contributed by atoms with E-state index in [1.165, 1.54) is 30.3 Å². The smallest absolute Gasteiger partial charge is 0.269 e. The summed E-state index contributed by atoms with van der Waals surface area (Å²) in [5.74, 6) is -1.52. The maximum Gasteiger partial charge on any atom is 0.269 e. The minimum atomic E-state index is -4.29. The predicted octanol–water partition coefficient (Wildman–Crippen LogP) is 5.51. The molecule has 0 bridgehead atoms. The SMILES string of the molecule is Cc1ccc(S(=O)(=O)[C@H](CC(=O)c2ccc(Cl)cc2Cl)C(=O)c2ccc([N+](=O)[O-])cc2)cc1. The van der Waals surface area contributed by atoms with E-state index < -0.39 is 38.0 Å². The molecule has 0 heterocycles. The molecule has 0 saturated carbocycles. The second kappa shape index (κ2) is 9.82. The largest absolute Gasteiger partial charge is 0.294 e. The van der Waals surface area contributed by atoms with Crippen LogP contribution in [0.5, 0.6) is 0 Å². The first-order chi connectivity index (χ1) is 15.5. The van der Waals surface area contributed by atoms with Crippen molar-refractivity contribution in [2.75, 3.05) is 0 Å². The molecule has 0 aliphatic heterocycles. The van der Waals surface area contributed by atoms with Crippen molar-refractivity contribution in [2.45, 2.75) is 23.5 Å². The number of rotatable bonds is 8. The van der Waals surface area contributed by atoms with Gasteiger partial charge in [0.2, 0.25) is 0 Å². The van der Waals surface area contributed by atoms with Gasteiger partial charge < -0.3 is 0 Å². The Morgan fingerprint density at radius 3 is 2.12 bits per heavy atom. The van der Waals surface area contributed by atoms with Gasteiger partial charge in [0.15, 0.2) is 21.4 Å². The highest BCUT2D eigenvalue weighted by Gasteiger charge is 2.37. The number of ketones is 2. The van der Waals surface area contributed by atoms with E-state index in [0.717, 1.165) is 29.8 Å². The van der Waals surface area contributed by atoms with Gasteiger partial charge in [0.05, 0.1) is 14.8 Å². The fourth-order valence-electron chi connectivity index (χ4n) is 3.16. The Bertz CT molecular complexity index is 1340. The first kappa shape index (κ1) is 24.6. The fraction of sp³-hybridized carbons (Fsp3) is 0.130. The molecule has 0 amide bonds. The van der Waals surface area contributed by atoms with Crippen molar-refractivity contribution in [3.63, 3.8) is 0 Å². The van der Waals surface area contributed by atoms with Crippen LogP contribution in [-0.4, -0.2) is 30.2 Å². The number of hydrogen-bond acceptors (Lipinski definition) is 6. The minimum absolute atomic E-state index is 0.0293. The number of Topliss-reactive ketones (excluding diaryl/α,β-unsaturated/α-hetero) is 2. The van der Waals surface area contributed by atoms with Gasteiger partial charge in [-0.15, -0.1) is 0 Å². The Morgan fingerprint density at radius 2 is 1.58 bits per heavy atom. The van der Waals surface area contributed by atoms with E-state index in [9.17, 15) is 28.1 Å². The number of carbonyl (C=O) groups is 2. The van der Waals surface area contributed by atoms with Crippen LogP contribution in [0.25, 0.3) is 0 Å². The van der Waals surface area contributed by atoms with Crippen molar-refractivity contribution in [2.24, 2.45) is 0 Å². The number of benzene rings is 3. The van der Waals surface area contributed by atoms with Crippen molar-refractivity contribution in [1.82, 2.24) is 0 Å². The van der Waals surface area contributed by atoms with Crippen LogP contribution in [0.15, 0.2) is 71.6 Å². The second-order valence-corrected chi connectivity index (χ2v) is 10.2. The number of nitrogens with zero attached hydrogens (tertiary/aromatic N) is 1. The molecule has 0 spiro atoms. The topological polar surface area (TPSA) is 111 Å². The van der Waals surface area contributed by atoms with Crippen molar-refractivity contribution in [1.29, 1.82) is 0 Å². The minimum Gasteiger partial charge on any atom is -0.294 e. The maximum absolute atomic E-state index is 13.4. The van der Waals surface area contributed by atoms with Gasteiger partial charge in [-0.25, -0.2) is 8.42 Å². The third-order valence-electron chi connectivity index (χ3n) is 4.98. The van der Waals surface area contributed by atoms with Gasteiger partial charge in [-0.3, -0.25) is 19.7 Å². The summed E-state index contributed by atoms with van der Waals surface area (Å²) in [6, 6.07) is 14.5. The summed E-state index contributed by atoms with van der Waals surface area (Å²) in [6.45, 7) is 1.78. The van der Waals surface area contributed by atoms with Gasteiger partial charge in [0.25, 0.3) is 5.69 Å². The standard InChI is InChI=1S/C23H17Cl2NO6S/c1-14-2-9-18(10-3-14)33(31,32)22(13-21(27)19-11-6-16(24)12-20(19)25)23(28)15-4-7-17(8-5-15)26(29)30/h2-12,22H,13H2,1H3/t22-/m1/s1. The summed E-state index contributed by atoms with van der Waals surface area (Å²) in [5, 5.41) is 9.46. The summed E-state index contributed by atoms with van der Waals surface area (Å²) in [5.41, 5.74) is 0.516. The second-order valence-electron chi connectivity index (χ2n) is 7.27. The van der Waals surface area contributed by atoms with Crippen LogP contribution in [0.3, 0.4) is 0 Å². The van der Waals surface area contributed by atoms with E-state index in [2.05, 4.69) is 0 Å². The molecule has 170 valence electrons. The molecule has 1 atom stereocenters. The number of non-ortho nitro benzene ring substituents is 1. The quantitative estimate of drug-likeness (QED) is 0.226. The van der Waals surface area contributed by atoms with Crippen LogP contribution >= 0.6 is 23.2 Å². The summed E-state index contributed by atoms with van der Waals surface area (Å²) < 4.78 is 26.8. The molecule has 0 aliphatic rings. The summed E-state index contributed by atoms with van der Waals surface area (Å²) in [6.07, 6.45) is -0.673. The zero-order chi connectivity index (χ0) is 24.3. The van der Waals surface area contributed by atoms with Crippen LogP contribution in [-0.2, 0) is 9.84 Å². The number of carbonyl (C=O) groups excluding carboxylic acids is 2. The Labute approximate surface area is 200 Å². The van der Waals surface area contributed by atoms with Crippen molar-refractivity contribution in [3.8, 4) is 0 Å². The van der Waals surface area contributed by atoms with Crippen molar-refractivity contribution < 1.29 is 22.9 Å². The first-order valence-electron chi connectivity index (χ1n) is 9.58. The molecule has 0 N–H and O–H groups in total. The lowest BCUT2D eigenvalue weighted by atomic mass is 10.0. The molecular weight excluding hydrogens is 489 g/mol. The van der Waals surface area contributed by atoms with Crippen LogP contribution in [0.4, 0.5) is 5.69 Å². The van der Waals surface area contributed by atoms with Crippen LogP contribution in [0, 0.1) is 17.0 Å². The Kier molecular flexibility index (Phi) is 7.31. The molecule has 0 aliphatic carbocycles. The number of aryl methyl sites for hydroxylation is 1. The zero-order valence-corrected chi connectivity index (χ0v) is 19.5. The van der Waals surface area contributed by atoms with E-state index in [-0.39, 0.29) is 26.7 Å². The molecule has 3 aromatic rings. The van der Waals surface area contributed by atoms with Gasteiger partial charge >= 0.3 is 0 Å². The van der Waals surface area contributed by atoms with E-state index >= 15 is 0 Å². The van der Waals surface area contributed by atoms with Gasteiger partial charge in [0.1, 0.15) is 5.25 Å². The fourth-order valence-corrected chi connectivity index (χ4v) is 5.31. The Balaban J connectivity index is 2.05. The summed E-state index contributed by atoms with van der Waals surface area (Å²) in [7, 11) is -4.29. The molecule has 33 heavy (non-hydrogen) atoms.